The van der Waals surface area contributed by atoms with Gasteiger partial charge >= 0.3 is 0 Å². The van der Waals surface area contributed by atoms with Crippen molar-refractivity contribution in [1.82, 2.24) is 4.90 Å². The largest absolute Gasteiger partial charge is 0.396 e. The first-order valence-electron chi connectivity index (χ1n) is 10.5. The minimum atomic E-state index is -0.483. The summed E-state index contributed by atoms with van der Waals surface area (Å²) in [6.07, 6.45) is 0.513. The number of carbonyl (C=O) groups excluding carboxylic acids is 1. The Hall–Kier alpha value is -3.55. The molecule has 0 saturated carbocycles. The molecule has 0 saturated heterocycles. The van der Waals surface area contributed by atoms with Crippen molar-refractivity contribution < 1.29 is 14.8 Å². The molecule has 0 radical (unpaired) electrons. The van der Waals surface area contributed by atoms with Gasteiger partial charge in [0.25, 0.3) is 5.69 Å². The molecule has 0 aliphatic carbocycles. The fourth-order valence-corrected chi connectivity index (χ4v) is 3.69. The molecule has 0 aromatic heterocycles. The number of aliphatic hydroxyl groups is 1. The van der Waals surface area contributed by atoms with Gasteiger partial charge in [0.1, 0.15) is 0 Å². The first kappa shape index (κ1) is 23.1. The fraction of sp³-hybridized carbons (Fsp3) is 0.240. The maximum Gasteiger partial charge on any atom is 0.271 e. The lowest BCUT2D eigenvalue weighted by atomic mass is 9.96. The molecule has 0 unspecified atom stereocenters. The molecule has 0 fully saturated rings. The third kappa shape index (κ3) is 6.00. The Balaban J connectivity index is 1.88. The number of hydrogen-bond donors (Lipinski definition) is 2. The van der Waals surface area contributed by atoms with Crippen molar-refractivity contribution in [2.75, 3.05) is 25.0 Å². The highest BCUT2D eigenvalue weighted by molar-refractivity contribution is 5.93. The van der Waals surface area contributed by atoms with Crippen LogP contribution in [-0.2, 0) is 4.79 Å². The van der Waals surface area contributed by atoms with E-state index < -0.39 is 4.92 Å². The number of non-ortho nitro benzene ring substituents is 1. The average Bonchev–Trinajstić information content (AvgIpc) is 2.80. The van der Waals surface area contributed by atoms with Crippen molar-refractivity contribution in [1.29, 1.82) is 0 Å². The maximum absolute atomic E-state index is 13.0. The van der Waals surface area contributed by atoms with E-state index in [1.165, 1.54) is 12.1 Å². The molecule has 3 rings (SSSR count). The number of nitrogens with zero attached hydrogens (tertiary/aromatic N) is 2. The number of anilines is 1. The van der Waals surface area contributed by atoms with E-state index >= 15 is 0 Å². The van der Waals surface area contributed by atoms with Gasteiger partial charge in [0.2, 0.25) is 5.91 Å². The predicted molar refractivity (Wildman–Crippen MR) is 124 cm³/mol. The first-order chi connectivity index (χ1) is 15.5. The second-order valence-electron chi connectivity index (χ2n) is 7.58. The third-order valence-electron chi connectivity index (χ3n) is 5.25. The van der Waals surface area contributed by atoms with Crippen molar-refractivity contribution in [2.45, 2.75) is 19.4 Å². The molecule has 0 atom stereocenters. The number of nitro benzene ring substituents is 1. The molecule has 2 N–H and O–H groups in total. The first-order valence-corrected chi connectivity index (χ1v) is 10.5. The smallest absolute Gasteiger partial charge is 0.271 e. The molecule has 166 valence electrons. The van der Waals surface area contributed by atoms with Crippen LogP contribution in [0.5, 0.6) is 0 Å². The lowest BCUT2D eigenvalue weighted by Crippen LogP contribution is -2.38. The van der Waals surface area contributed by atoms with E-state index in [4.69, 9.17) is 0 Å². The van der Waals surface area contributed by atoms with E-state index in [0.717, 1.165) is 16.7 Å². The monoisotopic (exact) mass is 433 g/mol. The van der Waals surface area contributed by atoms with Crippen LogP contribution in [0.15, 0.2) is 78.9 Å². The summed E-state index contributed by atoms with van der Waals surface area (Å²) in [7, 11) is 0. The summed E-state index contributed by atoms with van der Waals surface area (Å²) in [5.74, 6) is -0.275. The Morgan fingerprint density at radius 2 is 1.62 bits per heavy atom. The van der Waals surface area contributed by atoms with Crippen molar-refractivity contribution in [2.24, 2.45) is 0 Å². The van der Waals surface area contributed by atoms with E-state index in [-0.39, 0.29) is 30.8 Å². The van der Waals surface area contributed by atoms with E-state index in [1.54, 1.807) is 13.0 Å². The van der Waals surface area contributed by atoms with E-state index in [0.29, 0.717) is 18.7 Å². The third-order valence-corrected chi connectivity index (χ3v) is 5.25. The topological polar surface area (TPSA) is 95.7 Å². The van der Waals surface area contributed by atoms with Gasteiger partial charge in [-0.05, 0) is 30.0 Å². The summed E-state index contributed by atoms with van der Waals surface area (Å²) in [6, 6.07) is 24.0. The molecule has 1 amide bonds. The van der Waals surface area contributed by atoms with Crippen molar-refractivity contribution in [3.05, 3.63) is 106 Å². The SMILES string of the molecule is Cc1ccc([N+](=O)[O-])cc1NC(=O)CN(CCCO)C(c1ccccc1)c1ccccc1. The molecule has 3 aromatic rings. The number of hydrogen-bond acceptors (Lipinski definition) is 5. The molecule has 0 bridgehead atoms. The van der Waals surface area contributed by atoms with Crippen LogP contribution in [0, 0.1) is 17.0 Å². The Labute approximate surface area is 187 Å². The van der Waals surface area contributed by atoms with E-state index in [2.05, 4.69) is 5.32 Å². The van der Waals surface area contributed by atoms with Crippen LogP contribution in [0.1, 0.15) is 29.2 Å². The molecule has 0 heterocycles. The highest BCUT2D eigenvalue weighted by atomic mass is 16.6. The molecule has 0 aliphatic heterocycles. The van der Waals surface area contributed by atoms with Gasteiger partial charge in [-0.25, -0.2) is 0 Å². The average molecular weight is 434 g/mol. The Kier molecular flexibility index (Phi) is 8.08. The number of nitro groups is 1. The molecule has 3 aromatic carbocycles. The van der Waals surface area contributed by atoms with Crippen molar-refractivity contribution in [3.63, 3.8) is 0 Å². The lowest BCUT2D eigenvalue weighted by molar-refractivity contribution is -0.384. The molecule has 7 heteroatoms. The van der Waals surface area contributed by atoms with Gasteiger partial charge in [-0.2, -0.15) is 0 Å². The number of aliphatic hydroxyl groups excluding tert-OH is 1. The second kappa shape index (κ2) is 11.2. The molecule has 0 spiro atoms. The predicted octanol–water partition coefficient (Wildman–Crippen LogP) is 4.32. The van der Waals surface area contributed by atoms with Gasteiger partial charge in [0.05, 0.1) is 23.2 Å². The minimum Gasteiger partial charge on any atom is -0.396 e. The van der Waals surface area contributed by atoms with Crippen LogP contribution >= 0.6 is 0 Å². The molecular weight excluding hydrogens is 406 g/mol. The van der Waals surface area contributed by atoms with Crippen LogP contribution < -0.4 is 5.32 Å². The van der Waals surface area contributed by atoms with Gasteiger partial charge in [-0.1, -0.05) is 66.7 Å². The summed E-state index contributed by atoms with van der Waals surface area (Å²) < 4.78 is 0. The maximum atomic E-state index is 13.0. The summed E-state index contributed by atoms with van der Waals surface area (Å²) in [4.78, 5) is 25.6. The standard InChI is InChI=1S/C25H27N3O4/c1-19-13-14-22(28(31)32)17-23(19)26-24(30)18-27(15-8-16-29)25(20-9-4-2-5-10-20)21-11-6-3-7-12-21/h2-7,9-14,17,25,29H,8,15-16,18H2,1H3,(H,26,30). The highest BCUT2D eigenvalue weighted by Crippen LogP contribution is 2.29. The summed E-state index contributed by atoms with van der Waals surface area (Å²) >= 11 is 0. The van der Waals surface area contributed by atoms with Gasteiger partial charge in [0, 0.05) is 25.3 Å². The van der Waals surface area contributed by atoms with Gasteiger partial charge in [0.15, 0.2) is 0 Å². The summed E-state index contributed by atoms with van der Waals surface area (Å²) in [5.41, 5.74) is 3.16. The number of nitrogens with one attached hydrogen (secondary N) is 1. The summed E-state index contributed by atoms with van der Waals surface area (Å²) in [5, 5.41) is 23.4. The molecule has 0 aliphatic rings. The number of amides is 1. The second-order valence-corrected chi connectivity index (χ2v) is 7.58. The molecular formula is C25H27N3O4. The van der Waals surface area contributed by atoms with Crippen LogP contribution in [0.3, 0.4) is 0 Å². The van der Waals surface area contributed by atoms with Crippen LogP contribution in [0.25, 0.3) is 0 Å². The highest BCUT2D eigenvalue weighted by Gasteiger charge is 2.24. The van der Waals surface area contributed by atoms with Gasteiger partial charge in [-0.3, -0.25) is 19.8 Å². The minimum absolute atomic E-state index is 0.0123. The van der Waals surface area contributed by atoms with Crippen molar-refractivity contribution >= 4 is 17.3 Å². The van der Waals surface area contributed by atoms with Crippen molar-refractivity contribution in [3.8, 4) is 0 Å². The zero-order valence-corrected chi connectivity index (χ0v) is 18.0. The van der Waals surface area contributed by atoms with Crippen LogP contribution in [0.4, 0.5) is 11.4 Å². The quantitative estimate of drug-likeness (QED) is 0.367. The fourth-order valence-electron chi connectivity index (χ4n) is 3.69. The number of rotatable bonds is 10. The number of aryl methyl sites for hydroxylation is 1. The normalized spacial score (nSPS) is 11.0. The zero-order chi connectivity index (χ0) is 22.9. The van der Waals surface area contributed by atoms with Gasteiger partial charge < -0.3 is 10.4 Å². The van der Waals surface area contributed by atoms with E-state index in [1.807, 2.05) is 65.6 Å². The Morgan fingerprint density at radius 1 is 1.03 bits per heavy atom. The Morgan fingerprint density at radius 3 is 2.16 bits per heavy atom. The Bertz CT molecular complexity index is 1000. The molecule has 32 heavy (non-hydrogen) atoms. The van der Waals surface area contributed by atoms with E-state index in [9.17, 15) is 20.0 Å². The zero-order valence-electron chi connectivity index (χ0n) is 18.0. The van der Waals surface area contributed by atoms with Crippen LogP contribution in [0.2, 0.25) is 0 Å². The summed E-state index contributed by atoms with van der Waals surface area (Å²) in [6.45, 7) is 2.38. The van der Waals surface area contributed by atoms with Gasteiger partial charge in [-0.15, -0.1) is 0 Å². The number of benzene rings is 3. The number of carbonyl (C=O) groups is 1. The lowest BCUT2D eigenvalue weighted by Gasteiger charge is -2.32. The van der Waals surface area contributed by atoms with Crippen LogP contribution in [-0.4, -0.2) is 40.5 Å². The molecule has 7 nitrogen and oxygen atoms in total.